The molecule has 0 aliphatic heterocycles. The van der Waals surface area contributed by atoms with Gasteiger partial charge in [-0.3, -0.25) is 24.2 Å². The maximum Gasteiger partial charge on any atom is 0.339 e. The summed E-state index contributed by atoms with van der Waals surface area (Å²) in [6, 6.07) is 5.64. The number of aromatic amines is 1. The summed E-state index contributed by atoms with van der Waals surface area (Å²) in [7, 11) is 1.57. The molecule has 21 heavy (non-hydrogen) atoms. The minimum Gasteiger partial charge on any atom is -0.293 e. The predicted octanol–water partition coefficient (Wildman–Crippen LogP) is 1.06. The van der Waals surface area contributed by atoms with Crippen LogP contribution in [0.25, 0.3) is 0 Å². The standard InChI is InChI=1S/C14H15N3O3S/c1-8-4-5-10(9(2)6-8)11(18)7-21-14-15-12(19)13(20)16-17(14)3/h4-6H,7H2,1-3H3,(H,16,20). The third-order valence-electron chi connectivity index (χ3n) is 2.96. The van der Waals surface area contributed by atoms with Crippen LogP contribution < -0.4 is 11.1 Å². The summed E-state index contributed by atoms with van der Waals surface area (Å²) < 4.78 is 1.34. The number of nitrogens with one attached hydrogen (secondary N) is 1. The molecule has 1 aromatic carbocycles. The second kappa shape index (κ2) is 6.09. The second-order valence-corrected chi connectivity index (χ2v) is 5.67. The van der Waals surface area contributed by atoms with Crippen LogP contribution in [-0.2, 0) is 7.05 Å². The molecule has 0 spiro atoms. The number of nitrogens with zero attached hydrogens (tertiary/aromatic N) is 2. The summed E-state index contributed by atoms with van der Waals surface area (Å²) in [5.41, 5.74) is 1.05. The van der Waals surface area contributed by atoms with Gasteiger partial charge in [0.15, 0.2) is 10.9 Å². The van der Waals surface area contributed by atoms with Crippen LogP contribution in [0, 0.1) is 13.8 Å². The number of hydrogen-bond donors (Lipinski definition) is 1. The van der Waals surface area contributed by atoms with Crippen molar-refractivity contribution in [1.29, 1.82) is 0 Å². The number of Topliss-reactive ketones (excluding diaryl/α,β-unsaturated/α-hetero) is 1. The van der Waals surface area contributed by atoms with Crippen LogP contribution in [0.15, 0.2) is 32.9 Å². The monoisotopic (exact) mass is 305 g/mol. The van der Waals surface area contributed by atoms with Gasteiger partial charge >= 0.3 is 11.1 Å². The van der Waals surface area contributed by atoms with Crippen LogP contribution in [0.4, 0.5) is 0 Å². The molecule has 2 aromatic rings. The number of carbonyl (C=O) groups excluding carboxylic acids is 1. The average Bonchev–Trinajstić information content (AvgIpc) is 2.41. The van der Waals surface area contributed by atoms with Crippen LogP contribution >= 0.6 is 11.8 Å². The third-order valence-corrected chi connectivity index (χ3v) is 3.99. The lowest BCUT2D eigenvalue weighted by atomic mass is 10.0. The first-order valence-electron chi connectivity index (χ1n) is 6.29. The van der Waals surface area contributed by atoms with E-state index in [-0.39, 0.29) is 11.5 Å². The Morgan fingerprint density at radius 2 is 2.05 bits per heavy atom. The van der Waals surface area contributed by atoms with E-state index in [0.717, 1.165) is 22.9 Å². The molecule has 0 radical (unpaired) electrons. The van der Waals surface area contributed by atoms with Gasteiger partial charge in [-0.05, 0) is 19.4 Å². The molecule has 0 saturated carbocycles. The Morgan fingerprint density at radius 1 is 1.33 bits per heavy atom. The smallest absolute Gasteiger partial charge is 0.293 e. The number of hydrogen-bond acceptors (Lipinski definition) is 5. The molecule has 2 rings (SSSR count). The molecule has 0 aliphatic rings. The number of thioether (sulfide) groups is 1. The van der Waals surface area contributed by atoms with Crippen LogP contribution in [0.2, 0.25) is 0 Å². The molecular weight excluding hydrogens is 290 g/mol. The molecule has 1 N–H and O–H groups in total. The molecule has 0 unspecified atom stereocenters. The first-order chi connectivity index (χ1) is 9.88. The Bertz CT molecular complexity index is 808. The SMILES string of the molecule is Cc1ccc(C(=O)CSc2nc(=O)c(=O)[nH]n2C)c(C)c1. The van der Waals surface area contributed by atoms with Gasteiger partial charge in [-0.2, -0.15) is 4.98 Å². The minimum atomic E-state index is -0.852. The highest BCUT2D eigenvalue weighted by Crippen LogP contribution is 2.17. The van der Waals surface area contributed by atoms with E-state index in [1.165, 1.54) is 4.68 Å². The fraction of sp³-hybridized carbons (Fsp3) is 0.286. The lowest BCUT2D eigenvalue weighted by Crippen LogP contribution is -2.34. The van der Waals surface area contributed by atoms with E-state index in [1.54, 1.807) is 13.1 Å². The molecule has 6 nitrogen and oxygen atoms in total. The Labute approximate surface area is 125 Å². The summed E-state index contributed by atoms with van der Waals surface area (Å²) in [6.07, 6.45) is 0. The summed E-state index contributed by atoms with van der Waals surface area (Å²) in [5.74, 6) is 0.105. The number of H-pyrrole nitrogens is 1. The predicted molar refractivity (Wildman–Crippen MR) is 81.1 cm³/mol. The van der Waals surface area contributed by atoms with Crippen molar-refractivity contribution in [3.05, 3.63) is 55.6 Å². The molecule has 0 saturated heterocycles. The summed E-state index contributed by atoms with van der Waals surface area (Å²) in [4.78, 5) is 38.2. The number of rotatable bonds is 4. The lowest BCUT2D eigenvalue weighted by molar-refractivity contribution is 0.102. The van der Waals surface area contributed by atoms with Gasteiger partial charge in [0.25, 0.3) is 0 Å². The van der Waals surface area contributed by atoms with Crippen molar-refractivity contribution in [2.75, 3.05) is 5.75 Å². The maximum absolute atomic E-state index is 12.2. The molecule has 0 aliphatic carbocycles. The number of carbonyl (C=O) groups is 1. The highest BCUT2D eigenvalue weighted by atomic mass is 32.2. The van der Waals surface area contributed by atoms with Gasteiger partial charge in [-0.1, -0.05) is 35.5 Å². The summed E-state index contributed by atoms with van der Waals surface area (Å²) in [6.45, 7) is 3.86. The molecule has 0 atom stereocenters. The minimum absolute atomic E-state index is 0.0436. The van der Waals surface area contributed by atoms with Gasteiger partial charge < -0.3 is 0 Å². The van der Waals surface area contributed by atoms with Gasteiger partial charge in [0.1, 0.15) is 0 Å². The molecule has 1 heterocycles. The van der Waals surface area contributed by atoms with E-state index in [9.17, 15) is 14.4 Å². The first kappa shape index (κ1) is 15.2. The summed E-state index contributed by atoms with van der Waals surface area (Å²) >= 11 is 1.12. The molecule has 0 bridgehead atoms. The van der Waals surface area contributed by atoms with Gasteiger partial charge in [-0.25, -0.2) is 0 Å². The summed E-state index contributed by atoms with van der Waals surface area (Å²) in [5, 5.41) is 2.65. The van der Waals surface area contributed by atoms with E-state index < -0.39 is 11.1 Å². The third kappa shape index (κ3) is 3.49. The van der Waals surface area contributed by atoms with Crippen LogP contribution in [0.1, 0.15) is 21.5 Å². The Balaban J connectivity index is 2.16. The fourth-order valence-corrected chi connectivity index (χ4v) is 2.73. The Morgan fingerprint density at radius 3 is 2.71 bits per heavy atom. The van der Waals surface area contributed by atoms with Gasteiger partial charge in [-0.15, -0.1) is 0 Å². The van der Waals surface area contributed by atoms with Crippen molar-refractivity contribution in [2.45, 2.75) is 19.0 Å². The number of aryl methyl sites for hydroxylation is 3. The first-order valence-corrected chi connectivity index (χ1v) is 7.27. The molecule has 0 fully saturated rings. The zero-order valence-corrected chi connectivity index (χ0v) is 12.8. The van der Waals surface area contributed by atoms with Crippen molar-refractivity contribution in [2.24, 2.45) is 7.05 Å². The molecule has 110 valence electrons. The average molecular weight is 305 g/mol. The maximum atomic E-state index is 12.2. The molecule has 7 heteroatoms. The van der Waals surface area contributed by atoms with E-state index >= 15 is 0 Å². The zero-order chi connectivity index (χ0) is 15.6. The quantitative estimate of drug-likeness (QED) is 0.519. The van der Waals surface area contributed by atoms with Gasteiger partial charge in [0.05, 0.1) is 5.75 Å². The van der Waals surface area contributed by atoms with Crippen LogP contribution in [0.3, 0.4) is 0 Å². The van der Waals surface area contributed by atoms with E-state index in [1.807, 2.05) is 26.0 Å². The van der Waals surface area contributed by atoms with E-state index in [0.29, 0.717) is 10.7 Å². The van der Waals surface area contributed by atoms with Crippen LogP contribution in [0.5, 0.6) is 0 Å². The zero-order valence-electron chi connectivity index (χ0n) is 12.0. The topological polar surface area (TPSA) is 84.8 Å². The van der Waals surface area contributed by atoms with Gasteiger partial charge in [0, 0.05) is 12.6 Å². The lowest BCUT2D eigenvalue weighted by Gasteiger charge is -2.07. The fourth-order valence-electron chi connectivity index (χ4n) is 1.92. The highest BCUT2D eigenvalue weighted by Gasteiger charge is 2.12. The number of ketones is 1. The van der Waals surface area contributed by atoms with Gasteiger partial charge in [0.2, 0.25) is 0 Å². The van der Waals surface area contributed by atoms with Crippen LogP contribution in [-0.4, -0.2) is 26.3 Å². The molecule has 0 amide bonds. The van der Waals surface area contributed by atoms with Crippen molar-refractivity contribution in [3.8, 4) is 0 Å². The van der Waals surface area contributed by atoms with Crippen molar-refractivity contribution < 1.29 is 4.79 Å². The van der Waals surface area contributed by atoms with E-state index in [2.05, 4.69) is 10.1 Å². The largest absolute Gasteiger partial charge is 0.339 e. The number of benzene rings is 1. The molecule has 1 aromatic heterocycles. The highest BCUT2D eigenvalue weighted by molar-refractivity contribution is 7.99. The van der Waals surface area contributed by atoms with Crippen molar-refractivity contribution in [3.63, 3.8) is 0 Å². The second-order valence-electron chi connectivity index (χ2n) is 4.73. The van der Waals surface area contributed by atoms with E-state index in [4.69, 9.17) is 0 Å². The Hall–Kier alpha value is -2.15. The Kier molecular flexibility index (Phi) is 4.42. The normalized spacial score (nSPS) is 10.6. The van der Waals surface area contributed by atoms with Crippen molar-refractivity contribution >= 4 is 17.5 Å². The van der Waals surface area contributed by atoms with Crippen molar-refractivity contribution in [1.82, 2.24) is 14.8 Å². The molecular formula is C14H15N3O3S. The number of aromatic nitrogens is 3.